The number of aromatic hydroxyl groups is 1. The van der Waals surface area contributed by atoms with Crippen molar-refractivity contribution in [2.45, 2.75) is 0 Å². The first-order valence-electron chi connectivity index (χ1n) is 7.24. The Bertz CT molecular complexity index is 853. The van der Waals surface area contributed by atoms with E-state index in [0.717, 1.165) is 0 Å². The van der Waals surface area contributed by atoms with Gasteiger partial charge in [0.05, 0.1) is 29.9 Å². The standard InChI is InChI=1S/C17H15ClN2O6/c1-25-14-7-10(6-12(18)16(14)26-9-15(22)23)8-19-20-17(24)11-4-2-3-5-13(11)21/h2-8,21H,9H2,1H3,(H,20,24)(H,22,23)/p-1/b19-8-. The van der Waals surface area contributed by atoms with Crippen LogP contribution in [0.4, 0.5) is 0 Å². The van der Waals surface area contributed by atoms with Gasteiger partial charge in [-0.2, -0.15) is 5.10 Å². The van der Waals surface area contributed by atoms with Gasteiger partial charge in [-0.25, -0.2) is 5.43 Å². The number of hydrazone groups is 1. The van der Waals surface area contributed by atoms with E-state index in [2.05, 4.69) is 10.5 Å². The molecule has 2 aromatic rings. The fourth-order valence-electron chi connectivity index (χ4n) is 1.98. The molecule has 0 heterocycles. The molecular weight excluding hydrogens is 364 g/mol. The van der Waals surface area contributed by atoms with Gasteiger partial charge >= 0.3 is 0 Å². The van der Waals surface area contributed by atoms with E-state index in [9.17, 15) is 19.8 Å². The fourth-order valence-corrected chi connectivity index (χ4v) is 2.25. The van der Waals surface area contributed by atoms with Gasteiger partial charge in [0.1, 0.15) is 12.4 Å². The molecule has 2 N–H and O–H groups in total. The Morgan fingerprint density at radius 1 is 1.35 bits per heavy atom. The summed E-state index contributed by atoms with van der Waals surface area (Å²) >= 11 is 6.05. The fraction of sp³-hybridized carbons (Fsp3) is 0.118. The van der Waals surface area contributed by atoms with Gasteiger partial charge < -0.3 is 24.5 Å². The van der Waals surface area contributed by atoms with E-state index in [0.29, 0.717) is 5.56 Å². The minimum Gasteiger partial charge on any atom is -0.546 e. The molecule has 2 aromatic carbocycles. The smallest absolute Gasteiger partial charge is 0.275 e. The quantitative estimate of drug-likeness (QED) is 0.547. The van der Waals surface area contributed by atoms with Crippen molar-refractivity contribution in [3.63, 3.8) is 0 Å². The first-order chi connectivity index (χ1) is 12.4. The molecule has 0 radical (unpaired) electrons. The second-order valence-corrected chi connectivity index (χ2v) is 5.32. The van der Waals surface area contributed by atoms with Gasteiger partial charge in [-0.05, 0) is 29.8 Å². The number of carboxylic acids is 1. The van der Waals surface area contributed by atoms with Crippen molar-refractivity contribution >= 4 is 29.7 Å². The van der Waals surface area contributed by atoms with Crippen molar-refractivity contribution < 1.29 is 29.3 Å². The maximum absolute atomic E-state index is 11.9. The number of nitrogens with one attached hydrogen (secondary N) is 1. The zero-order chi connectivity index (χ0) is 19.1. The number of amides is 1. The molecule has 0 bridgehead atoms. The van der Waals surface area contributed by atoms with Crippen LogP contribution in [0.5, 0.6) is 17.2 Å². The molecule has 0 aliphatic carbocycles. The second kappa shape index (κ2) is 8.72. The van der Waals surface area contributed by atoms with Crippen molar-refractivity contribution in [2.24, 2.45) is 5.10 Å². The molecule has 0 atom stereocenters. The third-order valence-corrected chi connectivity index (χ3v) is 3.40. The number of carbonyl (C=O) groups excluding carboxylic acids is 2. The van der Waals surface area contributed by atoms with E-state index in [1.165, 1.54) is 37.6 Å². The first-order valence-corrected chi connectivity index (χ1v) is 7.61. The maximum atomic E-state index is 11.9. The minimum atomic E-state index is -1.40. The van der Waals surface area contributed by atoms with Gasteiger partial charge in [0.2, 0.25) is 0 Å². The molecule has 0 saturated carbocycles. The molecule has 0 aromatic heterocycles. The lowest BCUT2D eigenvalue weighted by Gasteiger charge is -2.13. The predicted molar refractivity (Wildman–Crippen MR) is 91.7 cm³/mol. The molecule has 0 spiro atoms. The first kappa shape index (κ1) is 19.1. The summed E-state index contributed by atoms with van der Waals surface area (Å²) < 4.78 is 10.1. The number of aliphatic carboxylic acids is 1. The highest BCUT2D eigenvalue weighted by Gasteiger charge is 2.12. The molecule has 0 fully saturated rings. The third-order valence-electron chi connectivity index (χ3n) is 3.11. The number of hydrogen-bond donors (Lipinski definition) is 2. The molecule has 2 rings (SSSR count). The van der Waals surface area contributed by atoms with Gasteiger partial charge in [0.15, 0.2) is 11.5 Å². The minimum absolute atomic E-state index is 0.0498. The van der Waals surface area contributed by atoms with Crippen molar-refractivity contribution in [3.05, 3.63) is 52.5 Å². The van der Waals surface area contributed by atoms with E-state index < -0.39 is 18.5 Å². The summed E-state index contributed by atoms with van der Waals surface area (Å²) in [6.07, 6.45) is 1.30. The molecule has 0 aliphatic heterocycles. The van der Waals surface area contributed by atoms with Crippen LogP contribution in [0, 0.1) is 0 Å². The number of phenolic OH excluding ortho intramolecular Hbond substituents is 1. The molecule has 0 unspecified atom stereocenters. The number of phenols is 1. The third kappa shape index (κ3) is 4.87. The number of benzene rings is 2. The Balaban J connectivity index is 2.13. The van der Waals surface area contributed by atoms with Crippen molar-refractivity contribution in [1.29, 1.82) is 0 Å². The number of carboxylic acid groups (broad SMARTS) is 1. The number of hydrogen-bond acceptors (Lipinski definition) is 7. The van der Waals surface area contributed by atoms with E-state index in [1.807, 2.05) is 0 Å². The molecule has 8 nitrogen and oxygen atoms in total. The van der Waals surface area contributed by atoms with Crippen LogP contribution in [0.3, 0.4) is 0 Å². The van der Waals surface area contributed by atoms with Crippen LogP contribution in [0.25, 0.3) is 0 Å². The monoisotopic (exact) mass is 377 g/mol. The zero-order valence-corrected chi connectivity index (χ0v) is 14.3. The average molecular weight is 378 g/mol. The summed E-state index contributed by atoms with van der Waals surface area (Å²) in [6, 6.07) is 8.97. The normalized spacial score (nSPS) is 10.5. The molecule has 9 heteroatoms. The highest BCUT2D eigenvalue weighted by molar-refractivity contribution is 6.32. The van der Waals surface area contributed by atoms with E-state index in [1.54, 1.807) is 12.1 Å². The van der Waals surface area contributed by atoms with Gasteiger partial charge in [-0.3, -0.25) is 4.79 Å². The molecule has 0 aliphatic rings. The summed E-state index contributed by atoms with van der Waals surface area (Å²) in [7, 11) is 1.36. The van der Waals surface area contributed by atoms with Gasteiger partial charge in [-0.15, -0.1) is 0 Å². The Kier molecular flexibility index (Phi) is 6.40. The summed E-state index contributed by atoms with van der Waals surface area (Å²) in [6.45, 7) is -0.680. The van der Waals surface area contributed by atoms with Crippen LogP contribution in [0.15, 0.2) is 41.5 Å². The number of ether oxygens (including phenoxy) is 2. The highest BCUT2D eigenvalue weighted by atomic mass is 35.5. The van der Waals surface area contributed by atoms with Crippen molar-refractivity contribution in [1.82, 2.24) is 5.43 Å². The number of para-hydroxylation sites is 1. The van der Waals surface area contributed by atoms with Crippen LogP contribution < -0.4 is 20.0 Å². The Morgan fingerprint density at radius 2 is 2.08 bits per heavy atom. The van der Waals surface area contributed by atoms with Crippen LogP contribution >= 0.6 is 11.6 Å². The topological polar surface area (TPSA) is 120 Å². The van der Waals surface area contributed by atoms with E-state index in [-0.39, 0.29) is 27.8 Å². The van der Waals surface area contributed by atoms with Crippen LogP contribution in [-0.4, -0.2) is 36.9 Å². The maximum Gasteiger partial charge on any atom is 0.275 e. The summed E-state index contributed by atoms with van der Waals surface area (Å²) in [5.41, 5.74) is 2.81. The number of carbonyl (C=O) groups is 2. The molecule has 136 valence electrons. The lowest BCUT2D eigenvalue weighted by atomic mass is 10.2. The largest absolute Gasteiger partial charge is 0.546 e. The predicted octanol–water partition coefficient (Wildman–Crippen LogP) is 0.947. The van der Waals surface area contributed by atoms with Crippen molar-refractivity contribution in [3.8, 4) is 17.2 Å². The Morgan fingerprint density at radius 3 is 2.73 bits per heavy atom. The number of halogens is 1. The molecule has 26 heavy (non-hydrogen) atoms. The lowest BCUT2D eigenvalue weighted by Crippen LogP contribution is -2.29. The number of nitrogens with zero attached hydrogens (tertiary/aromatic N) is 1. The molecule has 0 saturated heterocycles. The number of methoxy groups -OCH3 is 1. The van der Waals surface area contributed by atoms with Crippen LogP contribution in [0.2, 0.25) is 5.02 Å². The van der Waals surface area contributed by atoms with Crippen LogP contribution in [0.1, 0.15) is 15.9 Å². The number of rotatable bonds is 7. The van der Waals surface area contributed by atoms with Gasteiger partial charge in [0.25, 0.3) is 5.91 Å². The Labute approximate surface area is 153 Å². The molecular formula is C17H14ClN2O6-. The average Bonchev–Trinajstić information content (AvgIpc) is 2.60. The second-order valence-electron chi connectivity index (χ2n) is 4.91. The van der Waals surface area contributed by atoms with Gasteiger partial charge in [0, 0.05) is 0 Å². The molecule has 1 amide bonds. The van der Waals surface area contributed by atoms with Crippen molar-refractivity contribution in [2.75, 3.05) is 13.7 Å². The summed E-state index contributed by atoms with van der Waals surface area (Å²) in [5.74, 6) is -1.92. The van der Waals surface area contributed by atoms with E-state index in [4.69, 9.17) is 21.1 Å². The lowest BCUT2D eigenvalue weighted by molar-refractivity contribution is -0.307. The zero-order valence-electron chi connectivity index (χ0n) is 13.6. The van der Waals surface area contributed by atoms with Gasteiger partial charge in [-0.1, -0.05) is 23.7 Å². The van der Waals surface area contributed by atoms with Crippen LogP contribution in [-0.2, 0) is 4.79 Å². The van der Waals surface area contributed by atoms with E-state index >= 15 is 0 Å². The summed E-state index contributed by atoms with van der Waals surface area (Å²) in [5, 5.41) is 24.0. The Hall–Kier alpha value is -3.26. The highest BCUT2D eigenvalue weighted by Crippen LogP contribution is 2.36. The summed E-state index contributed by atoms with van der Waals surface area (Å²) in [4.78, 5) is 22.4. The SMILES string of the molecule is COc1cc(/C=N\NC(=O)c2ccccc2O)cc(Cl)c1OCC(=O)[O-].